The molecule has 43 heavy (non-hydrogen) atoms. The number of benzene rings is 1. The molecular formula is C31H40F4N2O6. The molecule has 1 unspecified atom stereocenters. The van der Waals surface area contributed by atoms with Gasteiger partial charge in [0.1, 0.15) is 18.4 Å². The van der Waals surface area contributed by atoms with Crippen LogP contribution in [-0.2, 0) is 19.1 Å². The van der Waals surface area contributed by atoms with Gasteiger partial charge in [0, 0.05) is 18.1 Å². The maximum absolute atomic E-state index is 14.0. The fourth-order valence-corrected chi connectivity index (χ4v) is 8.47. The highest BCUT2D eigenvalue weighted by Crippen LogP contribution is 2.65. The Morgan fingerprint density at radius 3 is 2.07 bits per heavy atom. The summed E-state index contributed by atoms with van der Waals surface area (Å²) in [7, 11) is 0. The van der Waals surface area contributed by atoms with Gasteiger partial charge >= 0.3 is 5.97 Å². The highest BCUT2D eigenvalue weighted by molar-refractivity contribution is 5.94. The van der Waals surface area contributed by atoms with Crippen molar-refractivity contribution in [1.82, 2.24) is 10.6 Å². The molecule has 6 rings (SSSR count). The van der Waals surface area contributed by atoms with Crippen LogP contribution in [0.1, 0.15) is 78.1 Å². The van der Waals surface area contributed by atoms with Crippen molar-refractivity contribution in [3.63, 3.8) is 0 Å². The third-order valence-corrected chi connectivity index (χ3v) is 10.0. The molecule has 5 aliphatic rings. The third kappa shape index (κ3) is 6.27. The second-order valence-electron chi connectivity index (χ2n) is 13.4. The fraction of sp³-hybridized carbons (Fsp3) is 0.710. The Morgan fingerprint density at radius 1 is 1.00 bits per heavy atom. The number of amides is 1. The number of carboxylic acid groups (broad SMARTS) is 1. The minimum Gasteiger partial charge on any atom is -0.481 e. The molecule has 1 aromatic rings. The summed E-state index contributed by atoms with van der Waals surface area (Å²) in [5.41, 5.74) is -0.854. The summed E-state index contributed by atoms with van der Waals surface area (Å²) in [6, 6.07) is -2.47. The molecule has 1 aromatic carbocycles. The van der Waals surface area contributed by atoms with E-state index in [4.69, 9.17) is 9.47 Å². The van der Waals surface area contributed by atoms with Crippen LogP contribution in [0.4, 0.5) is 17.6 Å². The zero-order chi connectivity index (χ0) is 31.1. The maximum atomic E-state index is 14.0. The standard InChI is InChI=1S/C31H40F4N2O6/c1-16(2)27(37-31(5-3-4-6-43-31)30-12-17-7-18(13-30)9-19(8-17)14-30)29(41)36-22(11-24(39)40)23(38)15-42-28-25(34)20(32)10-21(33)26(28)35/h10,16-19,22,27,37H,3-9,11-15H2,1-2H3,(H,36,41)(H,39,40)/t17?,18?,19?,22-,27-,30?,31?/m0/s1. The SMILES string of the molecule is CC(C)[C@H](NC1(C23CC4CC(CC(C4)C2)C3)CCCCO1)C(=O)N[C@@H](CC(=O)O)C(=O)COc1c(F)c(F)cc(F)c1F. The topological polar surface area (TPSA) is 114 Å². The quantitative estimate of drug-likeness (QED) is 0.228. The highest BCUT2D eigenvalue weighted by atomic mass is 19.2. The van der Waals surface area contributed by atoms with Crippen molar-refractivity contribution in [2.75, 3.05) is 13.2 Å². The Morgan fingerprint density at radius 2 is 1.58 bits per heavy atom. The number of carbonyl (C=O) groups is 3. The summed E-state index contributed by atoms with van der Waals surface area (Å²) < 4.78 is 66.6. The third-order valence-electron chi connectivity index (χ3n) is 10.0. The van der Waals surface area contributed by atoms with Crippen LogP contribution in [-0.4, -0.2) is 53.8 Å². The Kier molecular flexibility index (Phi) is 9.09. The molecule has 5 fully saturated rings. The molecular weight excluding hydrogens is 572 g/mol. The number of Topliss-reactive ketones (excluding diaryl/α,β-unsaturated/α-hetero) is 1. The monoisotopic (exact) mass is 612 g/mol. The predicted molar refractivity (Wildman–Crippen MR) is 146 cm³/mol. The zero-order valence-electron chi connectivity index (χ0n) is 24.5. The van der Waals surface area contributed by atoms with Crippen molar-refractivity contribution in [2.24, 2.45) is 29.1 Å². The van der Waals surface area contributed by atoms with E-state index in [0.717, 1.165) is 38.5 Å². The van der Waals surface area contributed by atoms with E-state index in [1.807, 2.05) is 13.8 Å². The average molecular weight is 613 g/mol. The molecule has 12 heteroatoms. The molecule has 1 aliphatic heterocycles. The van der Waals surface area contributed by atoms with Crippen LogP contribution in [0.25, 0.3) is 0 Å². The zero-order valence-corrected chi connectivity index (χ0v) is 24.5. The van der Waals surface area contributed by atoms with E-state index < -0.39 is 77.5 Å². The van der Waals surface area contributed by atoms with Crippen molar-refractivity contribution >= 4 is 17.7 Å². The van der Waals surface area contributed by atoms with E-state index in [-0.39, 0.29) is 17.4 Å². The van der Waals surface area contributed by atoms with E-state index in [2.05, 4.69) is 10.6 Å². The van der Waals surface area contributed by atoms with E-state index in [9.17, 15) is 37.1 Å². The van der Waals surface area contributed by atoms with Gasteiger partial charge in [0.2, 0.25) is 17.5 Å². The lowest BCUT2D eigenvalue weighted by Gasteiger charge is -2.64. The minimum absolute atomic E-state index is 0.00192. The van der Waals surface area contributed by atoms with Crippen LogP contribution < -0.4 is 15.4 Å². The van der Waals surface area contributed by atoms with Gasteiger partial charge in [0.15, 0.2) is 23.2 Å². The second-order valence-corrected chi connectivity index (χ2v) is 13.4. The molecule has 8 nitrogen and oxygen atoms in total. The van der Waals surface area contributed by atoms with Crippen molar-refractivity contribution in [3.8, 4) is 5.75 Å². The lowest BCUT2D eigenvalue weighted by molar-refractivity contribution is -0.240. The molecule has 3 atom stereocenters. The van der Waals surface area contributed by atoms with Crippen LogP contribution in [0.15, 0.2) is 6.07 Å². The molecule has 1 heterocycles. The summed E-state index contributed by atoms with van der Waals surface area (Å²) in [5, 5.41) is 15.5. The van der Waals surface area contributed by atoms with Crippen LogP contribution in [0.2, 0.25) is 0 Å². The number of carboxylic acids is 1. The molecule has 0 aromatic heterocycles. The first-order valence-electron chi connectivity index (χ1n) is 15.3. The first-order valence-corrected chi connectivity index (χ1v) is 15.3. The van der Waals surface area contributed by atoms with Crippen molar-refractivity contribution < 1.29 is 46.5 Å². The Hall–Kier alpha value is -2.73. The van der Waals surface area contributed by atoms with Gasteiger partial charge in [0.05, 0.1) is 12.5 Å². The highest BCUT2D eigenvalue weighted by Gasteiger charge is 2.62. The Labute approximate surface area is 248 Å². The van der Waals surface area contributed by atoms with Gasteiger partial charge in [0.25, 0.3) is 0 Å². The molecule has 1 amide bonds. The van der Waals surface area contributed by atoms with E-state index in [1.54, 1.807) is 0 Å². The van der Waals surface area contributed by atoms with Crippen LogP contribution in [0.5, 0.6) is 5.75 Å². The van der Waals surface area contributed by atoms with Crippen molar-refractivity contribution in [2.45, 2.75) is 95.9 Å². The number of rotatable bonds is 12. The summed E-state index contributed by atoms with van der Waals surface area (Å²) in [6.07, 6.45) is 8.56. The summed E-state index contributed by atoms with van der Waals surface area (Å²) in [6.45, 7) is 3.12. The lowest BCUT2D eigenvalue weighted by Crippen LogP contribution is -2.70. The number of nitrogens with one attached hydrogen (secondary N) is 2. The normalized spacial score (nSPS) is 31.1. The fourth-order valence-electron chi connectivity index (χ4n) is 8.47. The van der Waals surface area contributed by atoms with Crippen molar-refractivity contribution in [3.05, 3.63) is 29.3 Å². The molecule has 4 saturated carbocycles. The number of carbonyl (C=O) groups excluding carboxylic acids is 2. The van der Waals surface area contributed by atoms with E-state index in [0.29, 0.717) is 24.4 Å². The maximum Gasteiger partial charge on any atom is 0.305 e. The molecule has 0 spiro atoms. The molecule has 3 N–H and O–H groups in total. The van der Waals surface area contributed by atoms with E-state index >= 15 is 0 Å². The summed E-state index contributed by atoms with van der Waals surface area (Å²) >= 11 is 0. The minimum atomic E-state index is -1.84. The smallest absolute Gasteiger partial charge is 0.305 e. The lowest BCUT2D eigenvalue weighted by atomic mass is 9.46. The molecule has 4 aliphatic carbocycles. The van der Waals surface area contributed by atoms with Gasteiger partial charge in [-0.25, -0.2) is 8.78 Å². The van der Waals surface area contributed by atoms with Gasteiger partial charge in [-0.1, -0.05) is 13.8 Å². The first-order chi connectivity index (χ1) is 20.3. The number of hydrogen-bond donors (Lipinski definition) is 3. The molecule has 4 bridgehead atoms. The summed E-state index contributed by atoms with van der Waals surface area (Å²) in [5.74, 6) is -9.99. The number of halogens is 4. The average Bonchev–Trinajstić information content (AvgIpc) is 2.93. The Bertz CT molecular complexity index is 1190. The second kappa shape index (κ2) is 12.3. The number of ketones is 1. The number of ether oxygens (including phenoxy) is 2. The summed E-state index contributed by atoms with van der Waals surface area (Å²) in [4.78, 5) is 38.3. The van der Waals surface area contributed by atoms with Crippen LogP contribution >= 0.6 is 0 Å². The van der Waals surface area contributed by atoms with Gasteiger partial charge in [-0.2, -0.15) is 8.78 Å². The first kappa shape index (κ1) is 31.7. The van der Waals surface area contributed by atoms with Gasteiger partial charge in [-0.05, 0) is 81.5 Å². The van der Waals surface area contributed by atoms with Gasteiger partial charge in [-0.3, -0.25) is 19.7 Å². The molecule has 0 radical (unpaired) electrons. The van der Waals surface area contributed by atoms with Crippen LogP contribution in [0.3, 0.4) is 0 Å². The largest absolute Gasteiger partial charge is 0.481 e. The van der Waals surface area contributed by atoms with Gasteiger partial charge in [-0.15, -0.1) is 0 Å². The Balaban J connectivity index is 1.34. The van der Waals surface area contributed by atoms with Crippen molar-refractivity contribution in [1.29, 1.82) is 0 Å². The van der Waals surface area contributed by atoms with E-state index in [1.165, 1.54) is 19.3 Å². The molecule has 238 valence electrons. The predicted octanol–water partition coefficient (Wildman–Crippen LogP) is 4.88. The number of aliphatic carboxylic acids is 1. The number of hydrogen-bond acceptors (Lipinski definition) is 6. The molecule has 1 saturated heterocycles. The van der Waals surface area contributed by atoms with Crippen LogP contribution in [0, 0.1) is 52.4 Å². The van der Waals surface area contributed by atoms with Gasteiger partial charge < -0.3 is 19.9 Å².